The monoisotopic (exact) mass is 662 g/mol. The first-order valence-electron chi connectivity index (χ1n) is 15.4. The number of alkyl halides is 1. The largest absolute Gasteiger partial charge is 0.463 e. The Morgan fingerprint density at radius 1 is 1.17 bits per heavy atom. The highest BCUT2D eigenvalue weighted by Crippen LogP contribution is 2.37. The van der Waals surface area contributed by atoms with Crippen molar-refractivity contribution in [3.05, 3.63) is 59.8 Å². The number of anilines is 1. The van der Waals surface area contributed by atoms with E-state index in [0.29, 0.717) is 60.0 Å². The van der Waals surface area contributed by atoms with Crippen molar-refractivity contribution in [2.24, 2.45) is 0 Å². The van der Waals surface area contributed by atoms with Crippen molar-refractivity contribution >= 4 is 45.0 Å². The van der Waals surface area contributed by atoms with E-state index >= 15 is 4.39 Å². The second kappa shape index (κ2) is 14.9. The van der Waals surface area contributed by atoms with Crippen LogP contribution in [0.5, 0.6) is 6.01 Å². The number of amides is 1. The summed E-state index contributed by atoms with van der Waals surface area (Å²) in [6.07, 6.45) is 7.77. The Morgan fingerprint density at radius 2 is 2.02 bits per heavy atom. The van der Waals surface area contributed by atoms with Crippen molar-refractivity contribution in [2.45, 2.75) is 18.9 Å². The number of halogens is 3. The molecule has 0 N–H and O–H groups in total. The average molecular weight is 663 g/mol. The molecule has 1 aromatic carbocycles. The Labute approximate surface area is 275 Å². The third-order valence-corrected chi connectivity index (χ3v) is 8.64. The van der Waals surface area contributed by atoms with E-state index in [-0.39, 0.29) is 42.6 Å². The molecule has 2 aliphatic rings. The number of nitrogens with zero attached hydrogens (tertiary/aromatic N) is 8. The predicted molar refractivity (Wildman–Crippen MR) is 173 cm³/mol. The second-order valence-electron chi connectivity index (χ2n) is 11.2. The van der Waals surface area contributed by atoms with Gasteiger partial charge in [-0.15, -0.1) is 0 Å². The summed E-state index contributed by atoms with van der Waals surface area (Å²) < 4.78 is 40.8. The lowest BCUT2D eigenvalue weighted by atomic mass is 10.0. The summed E-state index contributed by atoms with van der Waals surface area (Å²) in [5.74, 6) is -0.684. The number of hydrogen-bond donors (Lipinski definition) is 0. The molecule has 47 heavy (non-hydrogen) atoms. The van der Waals surface area contributed by atoms with Gasteiger partial charge < -0.3 is 19.3 Å². The van der Waals surface area contributed by atoms with E-state index in [4.69, 9.17) is 26.1 Å². The van der Waals surface area contributed by atoms with E-state index < -0.39 is 18.5 Å². The minimum absolute atomic E-state index is 0.000762. The standard InChI is InChI=1S/C33H33ClF2N8O3/c34-26-5-1-4-22-18-38-19-24(28(22)26)30-29(36)31-25(20-39-30)32(41-33(40-31)47-15-3-10-42-13-16-46-17-14-42)43-11-12-44(23(21-43)7-9-37)27(45)6-2-8-35/h1-2,4-6,18-20,23H,3,7-8,10-17,21H2/b6-2+/t23-/m0/s1. The summed E-state index contributed by atoms with van der Waals surface area (Å²) in [4.78, 5) is 36.5. The molecule has 0 aliphatic carbocycles. The number of rotatable bonds is 10. The quantitative estimate of drug-likeness (QED) is 0.176. The summed E-state index contributed by atoms with van der Waals surface area (Å²) >= 11 is 6.55. The van der Waals surface area contributed by atoms with Crippen molar-refractivity contribution in [3.63, 3.8) is 0 Å². The van der Waals surface area contributed by atoms with Crippen LogP contribution in [0, 0.1) is 17.1 Å². The van der Waals surface area contributed by atoms with E-state index in [9.17, 15) is 14.4 Å². The zero-order valence-corrected chi connectivity index (χ0v) is 26.4. The van der Waals surface area contributed by atoms with Crippen molar-refractivity contribution in [1.29, 1.82) is 5.26 Å². The van der Waals surface area contributed by atoms with Crippen molar-refractivity contribution in [2.75, 3.05) is 70.7 Å². The summed E-state index contributed by atoms with van der Waals surface area (Å²) in [5, 5.41) is 11.7. The highest BCUT2D eigenvalue weighted by Gasteiger charge is 2.32. The number of carbonyl (C=O) groups is 1. The number of pyridine rings is 2. The number of ether oxygens (including phenoxy) is 2. The topological polar surface area (TPSA) is 121 Å². The van der Waals surface area contributed by atoms with Crippen molar-refractivity contribution < 1.29 is 23.0 Å². The van der Waals surface area contributed by atoms with E-state index in [1.807, 2.05) is 11.0 Å². The second-order valence-corrected chi connectivity index (χ2v) is 11.7. The van der Waals surface area contributed by atoms with Crippen LogP contribution in [0.3, 0.4) is 0 Å². The number of benzene rings is 1. The summed E-state index contributed by atoms with van der Waals surface area (Å²) in [7, 11) is 0. The molecular weight excluding hydrogens is 630 g/mol. The molecule has 0 spiro atoms. The van der Waals surface area contributed by atoms with Gasteiger partial charge in [0.25, 0.3) is 0 Å². The summed E-state index contributed by atoms with van der Waals surface area (Å²) in [6.45, 7) is 4.26. The predicted octanol–water partition coefficient (Wildman–Crippen LogP) is 4.59. The van der Waals surface area contributed by atoms with Crippen LogP contribution in [0.4, 0.5) is 14.6 Å². The van der Waals surface area contributed by atoms with Gasteiger partial charge in [0.2, 0.25) is 5.91 Å². The van der Waals surface area contributed by atoms with E-state index in [1.54, 1.807) is 23.2 Å². The first-order chi connectivity index (χ1) is 23.0. The maximum atomic E-state index is 16.6. The van der Waals surface area contributed by atoms with E-state index in [2.05, 4.69) is 25.9 Å². The fourth-order valence-electron chi connectivity index (χ4n) is 6.02. The zero-order valence-electron chi connectivity index (χ0n) is 25.6. The molecule has 0 bridgehead atoms. The molecule has 2 fully saturated rings. The molecule has 1 atom stereocenters. The van der Waals surface area contributed by atoms with Gasteiger partial charge in [-0.05, 0) is 18.6 Å². The van der Waals surface area contributed by atoms with Crippen LogP contribution < -0.4 is 9.64 Å². The first kappa shape index (κ1) is 32.4. The van der Waals surface area contributed by atoms with Crippen LogP contribution in [-0.4, -0.2) is 107 Å². The van der Waals surface area contributed by atoms with Gasteiger partial charge in [0.15, 0.2) is 5.82 Å². The third-order valence-electron chi connectivity index (χ3n) is 8.33. The molecule has 0 saturated carbocycles. The molecule has 5 heterocycles. The fraction of sp³-hybridized carbons (Fsp3) is 0.394. The minimum Gasteiger partial charge on any atom is -0.463 e. The lowest BCUT2D eigenvalue weighted by Crippen LogP contribution is -2.55. The maximum Gasteiger partial charge on any atom is 0.319 e. The molecular formula is C33H33ClF2N8O3. The number of fused-ring (bicyclic) bond motifs is 2. The number of carbonyl (C=O) groups excluding carboxylic acids is 1. The average Bonchev–Trinajstić information content (AvgIpc) is 3.09. The van der Waals surface area contributed by atoms with Crippen molar-refractivity contribution in [3.8, 4) is 23.3 Å². The Bertz CT molecular complexity index is 1830. The van der Waals surface area contributed by atoms with Gasteiger partial charge in [0, 0.05) is 85.3 Å². The van der Waals surface area contributed by atoms with Crippen LogP contribution in [0.1, 0.15) is 12.8 Å². The zero-order chi connectivity index (χ0) is 32.8. The Balaban J connectivity index is 1.37. The fourth-order valence-corrected chi connectivity index (χ4v) is 6.30. The minimum atomic E-state index is -0.766. The van der Waals surface area contributed by atoms with Crippen LogP contribution in [0.25, 0.3) is 32.9 Å². The number of allylic oxidation sites excluding steroid dienone is 1. The molecule has 14 heteroatoms. The molecule has 2 saturated heterocycles. The molecule has 4 aromatic rings. The van der Waals surface area contributed by atoms with Crippen LogP contribution >= 0.6 is 11.6 Å². The van der Waals surface area contributed by atoms with Gasteiger partial charge in [-0.3, -0.25) is 19.7 Å². The molecule has 1 amide bonds. The van der Waals surface area contributed by atoms with Gasteiger partial charge in [0.05, 0.1) is 43.7 Å². The van der Waals surface area contributed by atoms with Gasteiger partial charge >= 0.3 is 6.01 Å². The van der Waals surface area contributed by atoms with Gasteiger partial charge in [-0.1, -0.05) is 23.7 Å². The Morgan fingerprint density at radius 3 is 2.83 bits per heavy atom. The lowest BCUT2D eigenvalue weighted by Gasteiger charge is -2.41. The number of hydrogen-bond acceptors (Lipinski definition) is 10. The smallest absolute Gasteiger partial charge is 0.319 e. The van der Waals surface area contributed by atoms with Crippen LogP contribution in [-0.2, 0) is 9.53 Å². The molecule has 6 rings (SSSR count). The van der Waals surface area contributed by atoms with E-state index in [0.717, 1.165) is 31.1 Å². The number of aromatic nitrogens is 4. The lowest BCUT2D eigenvalue weighted by molar-refractivity contribution is -0.128. The van der Waals surface area contributed by atoms with Gasteiger partial charge in [-0.25, -0.2) is 8.78 Å². The summed E-state index contributed by atoms with van der Waals surface area (Å²) in [5.41, 5.74) is 0.459. The normalized spacial score (nSPS) is 17.4. The SMILES string of the molecule is N#CC[C@H]1CN(c2nc(OCCCN3CCOCC3)nc3c(F)c(-c4cncc5cccc(Cl)c45)ncc23)CCN1C(=O)/C=C/CF. The number of piperazine rings is 1. The third kappa shape index (κ3) is 7.10. The first-order valence-corrected chi connectivity index (χ1v) is 15.8. The Kier molecular flexibility index (Phi) is 10.3. The van der Waals surface area contributed by atoms with Gasteiger partial charge in [-0.2, -0.15) is 15.2 Å². The summed E-state index contributed by atoms with van der Waals surface area (Å²) in [6, 6.07) is 7.00. The molecule has 244 valence electrons. The van der Waals surface area contributed by atoms with Crippen LogP contribution in [0.15, 0.2) is 48.9 Å². The number of nitriles is 1. The molecule has 0 unspecified atom stereocenters. The maximum absolute atomic E-state index is 16.6. The number of morpholine rings is 1. The Hall–Kier alpha value is -4.51. The van der Waals surface area contributed by atoms with Gasteiger partial charge in [0.1, 0.15) is 23.7 Å². The van der Waals surface area contributed by atoms with Crippen molar-refractivity contribution in [1.82, 2.24) is 29.7 Å². The highest BCUT2D eigenvalue weighted by molar-refractivity contribution is 6.36. The molecule has 0 radical (unpaired) electrons. The van der Waals surface area contributed by atoms with E-state index in [1.165, 1.54) is 18.5 Å². The molecule has 3 aromatic heterocycles. The molecule has 11 nitrogen and oxygen atoms in total. The van der Waals surface area contributed by atoms with Crippen LogP contribution in [0.2, 0.25) is 5.02 Å². The molecule has 2 aliphatic heterocycles. The highest BCUT2D eigenvalue weighted by atomic mass is 35.5.